The molecule has 0 aliphatic carbocycles. The van der Waals surface area contributed by atoms with Crippen LogP contribution in [0.5, 0.6) is 11.5 Å². The van der Waals surface area contributed by atoms with Gasteiger partial charge in [0.25, 0.3) is 0 Å². The van der Waals surface area contributed by atoms with Crippen LogP contribution in [0.15, 0.2) is 27.8 Å². The smallest absolute Gasteiger partial charge is 0.243 e. The minimum absolute atomic E-state index is 0.0209. The summed E-state index contributed by atoms with van der Waals surface area (Å²) in [5.41, 5.74) is 4.96. The van der Waals surface area contributed by atoms with Gasteiger partial charge in [0.15, 0.2) is 11.5 Å². The van der Waals surface area contributed by atoms with E-state index in [1.165, 1.54) is 13.3 Å². The molecule has 2 aromatic rings. The van der Waals surface area contributed by atoms with Crippen molar-refractivity contribution in [3.8, 4) is 11.5 Å². The van der Waals surface area contributed by atoms with Crippen molar-refractivity contribution in [2.45, 2.75) is 13.8 Å². The van der Waals surface area contributed by atoms with Gasteiger partial charge in [-0.2, -0.15) is 5.10 Å². The Morgan fingerprint density at radius 2 is 1.90 bits per heavy atom. The first-order valence-corrected chi connectivity index (χ1v) is 6.96. The molecule has 1 aromatic heterocycles. The average molecular weight is 351 g/mol. The lowest BCUT2D eigenvalue weighted by molar-refractivity contribution is 0.373. The third kappa shape index (κ3) is 3.91. The zero-order chi connectivity index (χ0) is 15.4. The number of rotatable bonds is 4. The number of nitrogens with zero attached hydrogens (tertiary/aromatic N) is 3. The summed E-state index contributed by atoms with van der Waals surface area (Å²) in [7, 11) is 1.49. The number of aromatic hydroxyl groups is 1. The molecule has 1 aromatic carbocycles. The van der Waals surface area contributed by atoms with Crippen LogP contribution in [0.25, 0.3) is 0 Å². The normalized spacial score (nSPS) is 10.9. The Bertz CT molecular complexity index is 669. The predicted molar refractivity (Wildman–Crippen MR) is 85.1 cm³/mol. The average Bonchev–Trinajstić information content (AvgIpc) is 2.41. The Morgan fingerprint density at radius 3 is 2.52 bits per heavy atom. The maximum absolute atomic E-state index is 10.0. The van der Waals surface area contributed by atoms with Crippen LogP contribution >= 0.6 is 15.9 Å². The van der Waals surface area contributed by atoms with E-state index < -0.39 is 0 Å². The number of aromatic nitrogens is 2. The highest BCUT2D eigenvalue weighted by molar-refractivity contribution is 9.10. The SMILES string of the molecule is COc1cc(Br)cc(/C=N\Nc2nc(C)cc(C)n2)c1O. The molecule has 0 aliphatic heterocycles. The topological polar surface area (TPSA) is 79.6 Å². The molecule has 0 fully saturated rings. The van der Waals surface area contributed by atoms with Crippen LogP contribution in [0, 0.1) is 13.8 Å². The third-order valence-electron chi connectivity index (χ3n) is 2.64. The van der Waals surface area contributed by atoms with E-state index in [9.17, 15) is 5.11 Å². The van der Waals surface area contributed by atoms with Crippen molar-refractivity contribution < 1.29 is 9.84 Å². The van der Waals surface area contributed by atoms with Gasteiger partial charge in [-0.05, 0) is 32.0 Å². The molecule has 2 N–H and O–H groups in total. The van der Waals surface area contributed by atoms with Crippen LogP contribution in [0.3, 0.4) is 0 Å². The number of phenols is 1. The van der Waals surface area contributed by atoms with E-state index in [0.717, 1.165) is 15.9 Å². The van der Waals surface area contributed by atoms with E-state index in [1.54, 1.807) is 12.1 Å². The number of hydrazone groups is 1. The number of methoxy groups -OCH3 is 1. The van der Waals surface area contributed by atoms with Gasteiger partial charge in [0.05, 0.1) is 13.3 Å². The Morgan fingerprint density at radius 1 is 1.24 bits per heavy atom. The molecular weight excluding hydrogens is 336 g/mol. The zero-order valence-corrected chi connectivity index (χ0v) is 13.5. The molecule has 0 saturated heterocycles. The Labute approximate surface area is 131 Å². The van der Waals surface area contributed by atoms with Crippen LogP contribution in [-0.4, -0.2) is 28.4 Å². The van der Waals surface area contributed by atoms with Crippen molar-refractivity contribution in [2.75, 3.05) is 12.5 Å². The van der Waals surface area contributed by atoms with Crippen molar-refractivity contribution in [1.82, 2.24) is 9.97 Å². The molecule has 21 heavy (non-hydrogen) atoms. The molecule has 6 nitrogen and oxygen atoms in total. The second-order valence-electron chi connectivity index (χ2n) is 4.39. The molecule has 0 saturated carbocycles. The number of nitrogens with one attached hydrogen (secondary N) is 1. The molecule has 0 aliphatic rings. The highest BCUT2D eigenvalue weighted by Crippen LogP contribution is 2.32. The Balaban J connectivity index is 2.20. The maximum atomic E-state index is 10.0. The molecule has 0 radical (unpaired) electrons. The quantitative estimate of drug-likeness (QED) is 0.654. The van der Waals surface area contributed by atoms with Crippen LogP contribution < -0.4 is 10.2 Å². The second-order valence-corrected chi connectivity index (χ2v) is 5.31. The summed E-state index contributed by atoms with van der Waals surface area (Å²) in [4.78, 5) is 8.41. The molecule has 0 unspecified atom stereocenters. The molecular formula is C14H15BrN4O2. The number of ether oxygens (including phenoxy) is 1. The van der Waals surface area contributed by atoms with Gasteiger partial charge in [0, 0.05) is 21.4 Å². The van der Waals surface area contributed by atoms with Gasteiger partial charge >= 0.3 is 0 Å². The fourth-order valence-electron chi connectivity index (χ4n) is 1.78. The molecule has 0 atom stereocenters. The highest BCUT2D eigenvalue weighted by atomic mass is 79.9. The number of aryl methyl sites for hydroxylation is 2. The van der Waals surface area contributed by atoms with Crippen molar-refractivity contribution in [1.29, 1.82) is 0 Å². The number of phenolic OH excluding ortho intramolecular Hbond substituents is 1. The summed E-state index contributed by atoms with van der Waals surface area (Å²) < 4.78 is 5.85. The largest absolute Gasteiger partial charge is 0.504 e. The molecule has 0 amide bonds. The van der Waals surface area contributed by atoms with E-state index in [0.29, 0.717) is 17.3 Å². The summed E-state index contributed by atoms with van der Waals surface area (Å²) in [6.07, 6.45) is 1.48. The number of hydrogen-bond donors (Lipinski definition) is 2. The summed E-state index contributed by atoms with van der Waals surface area (Å²) in [5, 5.41) is 14.0. The van der Waals surface area contributed by atoms with Gasteiger partial charge in [0.1, 0.15) is 0 Å². The van der Waals surface area contributed by atoms with Crippen molar-refractivity contribution in [3.05, 3.63) is 39.6 Å². The number of halogens is 1. The number of hydrogen-bond acceptors (Lipinski definition) is 6. The fraction of sp³-hybridized carbons (Fsp3) is 0.214. The van der Waals surface area contributed by atoms with Crippen LogP contribution in [0.4, 0.5) is 5.95 Å². The van der Waals surface area contributed by atoms with Gasteiger partial charge in [-0.25, -0.2) is 15.4 Å². The summed E-state index contributed by atoms with van der Waals surface area (Å²) in [5.74, 6) is 0.797. The van der Waals surface area contributed by atoms with Gasteiger partial charge in [-0.1, -0.05) is 15.9 Å². The lowest BCUT2D eigenvalue weighted by Crippen LogP contribution is -2.00. The number of benzene rings is 1. The monoisotopic (exact) mass is 350 g/mol. The van der Waals surface area contributed by atoms with Gasteiger partial charge in [-0.15, -0.1) is 0 Å². The lowest BCUT2D eigenvalue weighted by Gasteiger charge is -2.07. The molecule has 0 spiro atoms. The molecule has 110 valence electrons. The van der Waals surface area contributed by atoms with Gasteiger partial charge in [-0.3, -0.25) is 0 Å². The summed E-state index contributed by atoms with van der Waals surface area (Å²) >= 11 is 3.35. The Hall–Kier alpha value is -2.15. The van der Waals surface area contributed by atoms with E-state index in [1.807, 2.05) is 19.9 Å². The molecule has 1 heterocycles. The lowest BCUT2D eigenvalue weighted by atomic mass is 10.2. The first-order chi connectivity index (χ1) is 9.99. The molecule has 2 rings (SSSR count). The molecule has 0 bridgehead atoms. The highest BCUT2D eigenvalue weighted by Gasteiger charge is 2.08. The van der Waals surface area contributed by atoms with E-state index in [-0.39, 0.29) is 5.75 Å². The van der Waals surface area contributed by atoms with E-state index >= 15 is 0 Å². The zero-order valence-electron chi connectivity index (χ0n) is 11.9. The third-order valence-corrected chi connectivity index (χ3v) is 3.10. The summed E-state index contributed by atoms with van der Waals surface area (Å²) in [6.45, 7) is 3.77. The van der Waals surface area contributed by atoms with Crippen molar-refractivity contribution in [2.24, 2.45) is 5.10 Å². The Kier molecular flexibility index (Phi) is 4.74. The van der Waals surface area contributed by atoms with Crippen molar-refractivity contribution in [3.63, 3.8) is 0 Å². The van der Waals surface area contributed by atoms with Gasteiger partial charge < -0.3 is 9.84 Å². The first kappa shape index (κ1) is 15.2. The van der Waals surface area contributed by atoms with Gasteiger partial charge in [0.2, 0.25) is 5.95 Å². The van der Waals surface area contributed by atoms with Crippen LogP contribution in [0.1, 0.15) is 17.0 Å². The van der Waals surface area contributed by atoms with Crippen LogP contribution in [0.2, 0.25) is 0 Å². The minimum atomic E-state index is 0.0209. The summed E-state index contributed by atoms with van der Waals surface area (Å²) in [6, 6.07) is 5.28. The first-order valence-electron chi connectivity index (χ1n) is 6.17. The second kappa shape index (κ2) is 6.53. The predicted octanol–water partition coefficient (Wildman–Crippen LogP) is 3.02. The van der Waals surface area contributed by atoms with Crippen LogP contribution in [-0.2, 0) is 0 Å². The maximum Gasteiger partial charge on any atom is 0.243 e. The van der Waals surface area contributed by atoms with E-state index in [2.05, 4.69) is 36.4 Å². The minimum Gasteiger partial charge on any atom is -0.504 e. The van der Waals surface area contributed by atoms with E-state index in [4.69, 9.17) is 4.74 Å². The number of anilines is 1. The standard InChI is InChI=1S/C14H15BrN4O2/c1-8-4-9(2)18-14(17-8)19-16-7-10-5-11(15)6-12(21-3)13(10)20/h4-7,20H,1-3H3,(H,17,18,19)/b16-7-. The van der Waals surface area contributed by atoms with Crippen molar-refractivity contribution >= 4 is 28.1 Å². The molecule has 7 heteroatoms. The fourth-order valence-corrected chi connectivity index (χ4v) is 2.24.